The first kappa shape index (κ1) is 8.31. The molecule has 0 spiro atoms. The quantitative estimate of drug-likeness (QED) is 0.715. The van der Waals surface area contributed by atoms with Crippen molar-refractivity contribution in [3.05, 3.63) is 18.0 Å². The SMILES string of the molecule is NCc1cncc(N)c1OC1CC1. The lowest BCUT2D eigenvalue weighted by atomic mass is 10.2. The van der Waals surface area contributed by atoms with E-state index in [4.69, 9.17) is 16.2 Å². The standard InChI is InChI=1S/C9H13N3O/c10-3-6-4-12-5-8(11)9(6)13-7-1-2-7/h4-5,7H,1-3,10-11H2. The third-order valence-corrected chi connectivity index (χ3v) is 2.03. The van der Waals surface area contributed by atoms with E-state index in [2.05, 4.69) is 4.98 Å². The molecule has 1 aliphatic carbocycles. The van der Waals surface area contributed by atoms with E-state index in [0.717, 1.165) is 24.2 Å². The Kier molecular flexibility index (Phi) is 2.06. The second-order valence-electron chi connectivity index (χ2n) is 3.24. The van der Waals surface area contributed by atoms with E-state index in [-0.39, 0.29) is 0 Å². The van der Waals surface area contributed by atoms with Crippen molar-refractivity contribution in [2.24, 2.45) is 5.73 Å². The number of rotatable bonds is 3. The summed E-state index contributed by atoms with van der Waals surface area (Å²) in [7, 11) is 0. The van der Waals surface area contributed by atoms with Crippen LogP contribution in [0.4, 0.5) is 5.69 Å². The average molecular weight is 179 g/mol. The van der Waals surface area contributed by atoms with Gasteiger partial charge in [0.15, 0.2) is 0 Å². The van der Waals surface area contributed by atoms with Crippen molar-refractivity contribution in [1.29, 1.82) is 0 Å². The van der Waals surface area contributed by atoms with Crippen LogP contribution in [-0.2, 0) is 6.54 Å². The average Bonchev–Trinajstić information content (AvgIpc) is 2.92. The molecule has 4 N–H and O–H groups in total. The molecule has 70 valence electrons. The normalized spacial score (nSPS) is 15.8. The molecule has 1 fully saturated rings. The molecule has 0 aliphatic heterocycles. The van der Waals surface area contributed by atoms with E-state index in [1.807, 2.05) is 0 Å². The Bertz CT molecular complexity index is 310. The van der Waals surface area contributed by atoms with E-state index < -0.39 is 0 Å². The van der Waals surface area contributed by atoms with Crippen molar-refractivity contribution < 1.29 is 4.74 Å². The highest BCUT2D eigenvalue weighted by Gasteiger charge is 2.25. The minimum Gasteiger partial charge on any atom is -0.488 e. The van der Waals surface area contributed by atoms with Gasteiger partial charge >= 0.3 is 0 Å². The summed E-state index contributed by atoms with van der Waals surface area (Å²) in [6, 6.07) is 0. The molecule has 0 saturated heterocycles. The van der Waals surface area contributed by atoms with E-state index in [1.165, 1.54) is 0 Å². The van der Waals surface area contributed by atoms with Crippen LogP contribution in [0.5, 0.6) is 5.75 Å². The molecule has 1 saturated carbocycles. The molecule has 0 unspecified atom stereocenters. The van der Waals surface area contributed by atoms with Crippen molar-refractivity contribution in [2.45, 2.75) is 25.5 Å². The second kappa shape index (κ2) is 3.22. The highest BCUT2D eigenvalue weighted by atomic mass is 16.5. The van der Waals surface area contributed by atoms with Crippen LogP contribution >= 0.6 is 0 Å². The predicted molar refractivity (Wildman–Crippen MR) is 50.2 cm³/mol. The third kappa shape index (κ3) is 1.72. The monoisotopic (exact) mass is 179 g/mol. The van der Waals surface area contributed by atoms with Gasteiger partial charge in [-0.15, -0.1) is 0 Å². The Morgan fingerprint density at radius 2 is 2.23 bits per heavy atom. The Balaban J connectivity index is 2.27. The summed E-state index contributed by atoms with van der Waals surface area (Å²) < 4.78 is 5.63. The number of ether oxygens (including phenoxy) is 1. The van der Waals surface area contributed by atoms with Gasteiger partial charge in [-0.1, -0.05) is 0 Å². The summed E-state index contributed by atoms with van der Waals surface area (Å²) in [6.07, 6.45) is 5.87. The second-order valence-corrected chi connectivity index (χ2v) is 3.24. The number of anilines is 1. The molecular formula is C9H13N3O. The van der Waals surface area contributed by atoms with E-state index in [9.17, 15) is 0 Å². The number of aromatic nitrogens is 1. The van der Waals surface area contributed by atoms with Crippen LogP contribution in [0.15, 0.2) is 12.4 Å². The summed E-state index contributed by atoms with van der Waals surface area (Å²) in [5, 5.41) is 0. The minimum absolute atomic E-state index is 0.343. The number of hydrogen-bond donors (Lipinski definition) is 2. The molecule has 0 radical (unpaired) electrons. The first-order valence-electron chi connectivity index (χ1n) is 4.40. The van der Waals surface area contributed by atoms with Crippen LogP contribution < -0.4 is 16.2 Å². The van der Waals surface area contributed by atoms with Gasteiger partial charge in [-0.2, -0.15) is 0 Å². The number of nitrogens with zero attached hydrogens (tertiary/aromatic N) is 1. The first-order valence-corrected chi connectivity index (χ1v) is 4.40. The number of hydrogen-bond acceptors (Lipinski definition) is 4. The lowest BCUT2D eigenvalue weighted by molar-refractivity contribution is 0.301. The van der Waals surface area contributed by atoms with Gasteiger partial charge in [0.05, 0.1) is 18.0 Å². The van der Waals surface area contributed by atoms with Crippen molar-refractivity contribution in [3.63, 3.8) is 0 Å². The van der Waals surface area contributed by atoms with E-state index in [1.54, 1.807) is 12.4 Å². The van der Waals surface area contributed by atoms with Gasteiger partial charge in [0, 0.05) is 18.3 Å². The predicted octanol–water partition coefficient (Wildman–Crippen LogP) is 0.664. The molecule has 4 heteroatoms. The van der Waals surface area contributed by atoms with Crippen molar-refractivity contribution in [1.82, 2.24) is 4.98 Å². The number of nitrogen functional groups attached to an aromatic ring is 1. The minimum atomic E-state index is 0.343. The summed E-state index contributed by atoms with van der Waals surface area (Å²) in [5.41, 5.74) is 12.7. The zero-order chi connectivity index (χ0) is 9.26. The maximum Gasteiger partial charge on any atom is 0.150 e. The number of nitrogens with two attached hydrogens (primary N) is 2. The van der Waals surface area contributed by atoms with Gasteiger partial charge in [0.1, 0.15) is 5.75 Å². The summed E-state index contributed by atoms with van der Waals surface area (Å²) in [5.74, 6) is 0.722. The molecule has 1 aliphatic rings. The highest BCUT2D eigenvalue weighted by molar-refractivity contribution is 5.54. The number of pyridine rings is 1. The zero-order valence-electron chi connectivity index (χ0n) is 7.36. The maximum absolute atomic E-state index is 5.73. The first-order chi connectivity index (χ1) is 6.31. The molecule has 13 heavy (non-hydrogen) atoms. The van der Waals surface area contributed by atoms with E-state index >= 15 is 0 Å². The summed E-state index contributed by atoms with van der Waals surface area (Å²) in [6.45, 7) is 0.417. The van der Waals surface area contributed by atoms with Gasteiger partial charge in [-0.25, -0.2) is 0 Å². The van der Waals surface area contributed by atoms with Crippen molar-refractivity contribution in [3.8, 4) is 5.75 Å². The van der Waals surface area contributed by atoms with Gasteiger partial charge in [-0.05, 0) is 12.8 Å². The van der Waals surface area contributed by atoms with Crippen LogP contribution in [0, 0.1) is 0 Å². The van der Waals surface area contributed by atoms with Gasteiger partial charge in [-0.3, -0.25) is 4.98 Å². The molecule has 4 nitrogen and oxygen atoms in total. The van der Waals surface area contributed by atoms with Crippen LogP contribution in [0.25, 0.3) is 0 Å². The molecule has 0 amide bonds. The van der Waals surface area contributed by atoms with E-state index in [0.29, 0.717) is 18.3 Å². The highest BCUT2D eigenvalue weighted by Crippen LogP contribution is 2.32. The topological polar surface area (TPSA) is 74.2 Å². The Morgan fingerprint density at radius 1 is 1.46 bits per heavy atom. The molecule has 0 bridgehead atoms. The summed E-state index contributed by atoms with van der Waals surface area (Å²) >= 11 is 0. The van der Waals surface area contributed by atoms with Gasteiger partial charge in [0.25, 0.3) is 0 Å². The zero-order valence-corrected chi connectivity index (χ0v) is 7.36. The fourth-order valence-electron chi connectivity index (χ4n) is 1.15. The maximum atomic E-state index is 5.73. The van der Waals surface area contributed by atoms with Crippen LogP contribution in [0.3, 0.4) is 0 Å². The molecule has 1 aromatic heterocycles. The molecule has 2 rings (SSSR count). The fourth-order valence-corrected chi connectivity index (χ4v) is 1.15. The molecule has 0 aromatic carbocycles. The lowest BCUT2D eigenvalue weighted by Gasteiger charge is -2.10. The van der Waals surface area contributed by atoms with Crippen LogP contribution in [0.2, 0.25) is 0 Å². The lowest BCUT2D eigenvalue weighted by Crippen LogP contribution is -2.07. The Morgan fingerprint density at radius 3 is 2.85 bits per heavy atom. The largest absolute Gasteiger partial charge is 0.488 e. The molecule has 1 aromatic rings. The third-order valence-electron chi connectivity index (χ3n) is 2.03. The molecule has 0 atom stereocenters. The van der Waals surface area contributed by atoms with Crippen molar-refractivity contribution in [2.75, 3.05) is 5.73 Å². The smallest absolute Gasteiger partial charge is 0.150 e. The van der Waals surface area contributed by atoms with Crippen molar-refractivity contribution >= 4 is 5.69 Å². The Labute approximate surface area is 76.9 Å². The fraction of sp³-hybridized carbons (Fsp3) is 0.444. The Hall–Kier alpha value is -1.29. The van der Waals surface area contributed by atoms with Gasteiger partial charge < -0.3 is 16.2 Å². The van der Waals surface area contributed by atoms with Crippen LogP contribution in [0.1, 0.15) is 18.4 Å². The van der Waals surface area contributed by atoms with Crippen LogP contribution in [-0.4, -0.2) is 11.1 Å². The van der Waals surface area contributed by atoms with Gasteiger partial charge in [0.2, 0.25) is 0 Å². The molecule has 1 heterocycles. The molecular weight excluding hydrogens is 166 g/mol. The summed E-state index contributed by atoms with van der Waals surface area (Å²) in [4.78, 5) is 3.96.